The molecule has 0 spiro atoms. The molecule has 2 heterocycles. The number of nitrogens with zero attached hydrogens (tertiary/aromatic N) is 1. The Hall–Kier alpha value is -0.840. The number of piperidine rings is 1. The smallest absolute Gasteiger partial charge is 0.0947 e. The first kappa shape index (κ1) is 14.6. The van der Waals surface area contributed by atoms with Crippen LogP contribution in [0.5, 0.6) is 0 Å². The van der Waals surface area contributed by atoms with E-state index in [1.54, 1.807) is 12.5 Å². The third-order valence-electron chi connectivity index (χ3n) is 3.53. The summed E-state index contributed by atoms with van der Waals surface area (Å²) in [5.41, 5.74) is 1.21. The number of hydrogen-bond donors (Lipinski definition) is 1. The van der Waals surface area contributed by atoms with Gasteiger partial charge in [0.1, 0.15) is 0 Å². The van der Waals surface area contributed by atoms with Crippen LogP contribution in [0.15, 0.2) is 23.0 Å². The van der Waals surface area contributed by atoms with Crippen molar-refractivity contribution < 1.29 is 9.15 Å². The van der Waals surface area contributed by atoms with Crippen molar-refractivity contribution in [2.75, 3.05) is 32.8 Å². The van der Waals surface area contributed by atoms with Gasteiger partial charge in [-0.2, -0.15) is 0 Å². The van der Waals surface area contributed by atoms with Crippen LogP contribution < -0.4 is 5.32 Å². The van der Waals surface area contributed by atoms with Crippen LogP contribution in [-0.2, 0) is 11.3 Å². The summed E-state index contributed by atoms with van der Waals surface area (Å²) in [4.78, 5) is 2.51. The predicted molar refractivity (Wildman–Crippen MR) is 76.1 cm³/mol. The molecule has 19 heavy (non-hydrogen) atoms. The van der Waals surface area contributed by atoms with Crippen LogP contribution in [0.2, 0.25) is 0 Å². The van der Waals surface area contributed by atoms with Gasteiger partial charge >= 0.3 is 0 Å². The van der Waals surface area contributed by atoms with Crippen molar-refractivity contribution in [1.82, 2.24) is 10.2 Å². The standard InChI is InChI=1S/C15H26N2O2/c1-2-9-19-15-4-3-7-17(12-15)8-6-16-11-14-5-10-18-13-14/h5,10,13,15-16H,2-4,6-9,11-12H2,1H3. The maximum Gasteiger partial charge on any atom is 0.0947 e. The summed E-state index contributed by atoms with van der Waals surface area (Å²) in [5, 5.41) is 3.45. The summed E-state index contributed by atoms with van der Waals surface area (Å²) in [6.45, 7) is 8.38. The molecule has 1 unspecified atom stereocenters. The van der Waals surface area contributed by atoms with E-state index in [0.29, 0.717) is 6.10 Å². The maximum absolute atomic E-state index is 5.85. The normalized spacial score (nSPS) is 20.8. The second kappa shape index (κ2) is 8.35. The van der Waals surface area contributed by atoms with E-state index >= 15 is 0 Å². The fourth-order valence-electron chi connectivity index (χ4n) is 2.50. The molecule has 1 aliphatic heterocycles. The maximum atomic E-state index is 5.85. The van der Waals surface area contributed by atoms with Gasteiger partial charge in [-0.25, -0.2) is 0 Å². The highest BCUT2D eigenvalue weighted by Gasteiger charge is 2.19. The van der Waals surface area contributed by atoms with Gasteiger partial charge in [0, 0.05) is 38.3 Å². The molecule has 0 radical (unpaired) electrons. The van der Waals surface area contributed by atoms with Gasteiger partial charge in [-0.05, 0) is 31.9 Å². The van der Waals surface area contributed by atoms with Gasteiger partial charge in [-0.3, -0.25) is 4.90 Å². The monoisotopic (exact) mass is 266 g/mol. The van der Waals surface area contributed by atoms with Gasteiger partial charge in [0.05, 0.1) is 18.6 Å². The number of ether oxygens (including phenoxy) is 1. The van der Waals surface area contributed by atoms with E-state index in [0.717, 1.165) is 39.2 Å². The summed E-state index contributed by atoms with van der Waals surface area (Å²) in [6.07, 6.45) is 7.56. The zero-order valence-corrected chi connectivity index (χ0v) is 11.9. The van der Waals surface area contributed by atoms with E-state index in [2.05, 4.69) is 17.1 Å². The van der Waals surface area contributed by atoms with Crippen molar-refractivity contribution in [2.45, 2.75) is 38.8 Å². The summed E-state index contributed by atoms with van der Waals surface area (Å²) < 4.78 is 10.9. The number of hydrogen-bond acceptors (Lipinski definition) is 4. The first-order chi connectivity index (χ1) is 9.38. The predicted octanol–water partition coefficient (Wildman–Crippen LogP) is 2.26. The van der Waals surface area contributed by atoms with Crippen molar-refractivity contribution in [2.24, 2.45) is 0 Å². The Labute approximate surface area is 116 Å². The molecule has 0 aromatic carbocycles. The number of rotatable bonds is 8. The van der Waals surface area contributed by atoms with Crippen LogP contribution in [-0.4, -0.2) is 43.8 Å². The first-order valence-corrected chi connectivity index (χ1v) is 7.44. The van der Waals surface area contributed by atoms with Gasteiger partial charge < -0.3 is 14.5 Å². The fraction of sp³-hybridized carbons (Fsp3) is 0.733. The van der Waals surface area contributed by atoms with Crippen LogP contribution in [0.4, 0.5) is 0 Å². The number of likely N-dealkylation sites (tertiary alicyclic amines) is 1. The topological polar surface area (TPSA) is 37.6 Å². The molecule has 1 aromatic rings. The van der Waals surface area contributed by atoms with Crippen LogP contribution in [0.25, 0.3) is 0 Å². The summed E-state index contributed by atoms with van der Waals surface area (Å²) in [5.74, 6) is 0. The minimum Gasteiger partial charge on any atom is -0.472 e. The van der Waals surface area contributed by atoms with Crippen molar-refractivity contribution in [3.05, 3.63) is 24.2 Å². The minimum atomic E-state index is 0.447. The molecule has 4 nitrogen and oxygen atoms in total. The molecule has 0 bridgehead atoms. The Morgan fingerprint density at radius 2 is 2.47 bits per heavy atom. The largest absolute Gasteiger partial charge is 0.472 e. The first-order valence-electron chi connectivity index (χ1n) is 7.44. The molecular weight excluding hydrogens is 240 g/mol. The highest BCUT2D eigenvalue weighted by atomic mass is 16.5. The second-order valence-electron chi connectivity index (χ2n) is 5.24. The zero-order valence-electron chi connectivity index (χ0n) is 11.9. The van der Waals surface area contributed by atoms with Crippen LogP contribution in [0, 0.1) is 0 Å². The zero-order chi connectivity index (χ0) is 13.3. The van der Waals surface area contributed by atoms with Crippen LogP contribution >= 0.6 is 0 Å². The Morgan fingerprint density at radius 1 is 1.53 bits per heavy atom. The highest BCUT2D eigenvalue weighted by Crippen LogP contribution is 2.12. The summed E-state index contributed by atoms with van der Waals surface area (Å²) in [6, 6.07) is 2.00. The van der Waals surface area contributed by atoms with E-state index in [-0.39, 0.29) is 0 Å². The third-order valence-corrected chi connectivity index (χ3v) is 3.53. The van der Waals surface area contributed by atoms with Crippen LogP contribution in [0.3, 0.4) is 0 Å². The molecule has 0 saturated carbocycles. The lowest BCUT2D eigenvalue weighted by Gasteiger charge is -2.32. The molecule has 1 atom stereocenters. The van der Waals surface area contributed by atoms with E-state index in [1.807, 2.05) is 6.07 Å². The molecule has 1 fully saturated rings. The van der Waals surface area contributed by atoms with Gasteiger partial charge in [-0.15, -0.1) is 0 Å². The molecule has 0 amide bonds. The summed E-state index contributed by atoms with van der Waals surface area (Å²) in [7, 11) is 0. The average molecular weight is 266 g/mol. The molecule has 4 heteroatoms. The van der Waals surface area contributed by atoms with Crippen molar-refractivity contribution in [1.29, 1.82) is 0 Å². The molecule has 0 aliphatic carbocycles. The second-order valence-corrected chi connectivity index (χ2v) is 5.24. The quantitative estimate of drug-likeness (QED) is 0.732. The van der Waals surface area contributed by atoms with E-state index in [1.165, 1.54) is 24.9 Å². The highest BCUT2D eigenvalue weighted by molar-refractivity contribution is 5.04. The molecule has 2 rings (SSSR count). The number of nitrogens with one attached hydrogen (secondary N) is 1. The third kappa shape index (κ3) is 5.35. The van der Waals surface area contributed by atoms with Gasteiger partial charge in [0.2, 0.25) is 0 Å². The van der Waals surface area contributed by atoms with Crippen molar-refractivity contribution in [3.63, 3.8) is 0 Å². The Bertz CT molecular complexity index is 327. The van der Waals surface area contributed by atoms with Crippen molar-refractivity contribution >= 4 is 0 Å². The Balaban J connectivity index is 1.57. The van der Waals surface area contributed by atoms with E-state index < -0.39 is 0 Å². The minimum absolute atomic E-state index is 0.447. The van der Waals surface area contributed by atoms with Crippen molar-refractivity contribution in [3.8, 4) is 0 Å². The van der Waals surface area contributed by atoms with Gasteiger partial charge in [-0.1, -0.05) is 6.92 Å². The van der Waals surface area contributed by atoms with E-state index in [4.69, 9.17) is 9.15 Å². The van der Waals surface area contributed by atoms with Crippen LogP contribution in [0.1, 0.15) is 31.7 Å². The van der Waals surface area contributed by atoms with E-state index in [9.17, 15) is 0 Å². The molecule has 1 aliphatic rings. The number of furan rings is 1. The SMILES string of the molecule is CCCOC1CCCN(CCNCc2ccoc2)C1. The van der Waals surface area contributed by atoms with Gasteiger partial charge in [0.15, 0.2) is 0 Å². The lowest BCUT2D eigenvalue weighted by molar-refractivity contribution is 0.000353. The molecular formula is C15H26N2O2. The Morgan fingerprint density at radius 3 is 3.26 bits per heavy atom. The lowest BCUT2D eigenvalue weighted by atomic mass is 10.1. The lowest BCUT2D eigenvalue weighted by Crippen LogP contribution is -2.42. The summed E-state index contributed by atoms with van der Waals surface area (Å²) >= 11 is 0. The molecule has 1 aromatic heterocycles. The molecule has 1 N–H and O–H groups in total. The molecule has 108 valence electrons. The molecule has 1 saturated heterocycles. The fourth-order valence-corrected chi connectivity index (χ4v) is 2.50. The van der Waals surface area contributed by atoms with Gasteiger partial charge in [0.25, 0.3) is 0 Å². The average Bonchev–Trinajstić information content (AvgIpc) is 2.95. The Kier molecular flexibility index (Phi) is 6.41.